The second-order valence-corrected chi connectivity index (χ2v) is 8.92. The molecule has 0 bridgehead atoms. The highest BCUT2D eigenvalue weighted by atomic mass is 35.6. The summed E-state index contributed by atoms with van der Waals surface area (Å²) in [6.45, 7) is 1.26. The molecule has 1 N–H and O–H groups in total. The molecule has 1 atom stereocenters. The normalized spacial score (nSPS) is 18.6. The molecule has 0 saturated carbocycles. The van der Waals surface area contributed by atoms with Crippen molar-refractivity contribution in [1.29, 1.82) is 0 Å². The van der Waals surface area contributed by atoms with E-state index in [0.717, 1.165) is 0 Å². The zero-order valence-corrected chi connectivity index (χ0v) is 15.2. The number of fused-ring (bicyclic) bond motifs is 1. The Balaban J connectivity index is 2.18. The van der Waals surface area contributed by atoms with Crippen molar-refractivity contribution in [2.24, 2.45) is 0 Å². The number of amides is 1. The van der Waals surface area contributed by atoms with Gasteiger partial charge in [-0.25, -0.2) is 0 Å². The van der Waals surface area contributed by atoms with Gasteiger partial charge in [-0.05, 0) is 18.1 Å². The van der Waals surface area contributed by atoms with Gasteiger partial charge in [-0.15, -0.1) is 0 Å². The fourth-order valence-electron chi connectivity index (χ4n) is 2.36. The summed E-state index contributed by atoms with van der Waals surface area (Å²) in [6, 6.07) is 6.55. The number of para-hydroxylation sites is 1. The number of carbonyl (C=O) groups is 1. The first-order chi connectivity index (χ1) is 10.6. The number of nitrogens with zero attached hydrogens (tertiary/aromatic N) is 1. The molecule has 1 heterocycles. The summed E-state index contributed by atoms with van der Waals surface area (Å²) in [7, 11) is -4.10. The Hall–Kier alpha value is -0.570. The Kier molecular flexibility index (Phi) is 5.81. The number of hydrogen-bond acceptors (Lipinski definition) is 4. The fourth-order valence-corrected chi connectivity index (χ4v) is 3.72. The van der Waals surface area contributed by atoms with Crippen LogP contribution in [0.25, 0.3) is 0 Å². The molecule has 1 aromatic rings. The number of alkyl halides is 3. The lowest BCUT2D eigenvalue weighted by molar-refractivity contribution is -0.116. The number of rotatable bonds is 4. The Morgan fingerprint density at radius 3 is 2.65 bits per heavy atom. The first-order valence-corrected chi connectivity index (χ1v) is 9.24. The zero-order chi connectivity index (χ0) is 17.3. The van der Waals surface area contributed by atoms with Gasteiger partial charge in [0, 0.05) is 19.2 Å². The number of halogens is 3. The maximum Gasteiger partial charge on any atom is 0.336 e. The number of carbonyl (C=O) groups excluding carboxylic acids is 1. The maximum atomic E-state index is 12.0. The molecule has 1 aliphatic rings. The minimum atomic E-state index is -4.10. The van der Waals surface area contributed by atoms with Crippen LogP contribution in [-0.2, 0) is 19.3 Å². The van der Waals surface area contributed by atoms with E-state index in [2.05, 4.69) is 8.91 Å². The molecule has 10 heteroatoms. The summed E-state index contributed by atoms with van der Waals surface area (Å²) >= 11 is 16.5. The lowest BCUT2D eigenvalue weighted by atomic mass is 9.97. The van der Waals surface area contributed by atoms with E-state index in [-0.39, 0.29) is 5.91 Å². The molecule has 1 aliphatic heterocycles. The SMILES string of the molecule is CC(=O)N1CCC(NS(=O)(=O)OCC(Cl)(Cl)Cl)c2ccccc21. The fraction of sp³-hybridized carbons (Fsp3) is 0.462. The average molecular weight is 402 g/mol. The number of anilines is 1. The Bertz CT molecular complexity index is 691. The molecule has 1 unspecified atom stereocenters. The predicted octanol–water partition coefficient (Wildman–Crippen LogP) is 2.71. The third-order valence-electron chi connectivity index (χ3n) is 3.29. The molecule has 0 aliphatic carbocycles. The summed E-state index contributed by atoms with van der Waals surface area (Å²) in [5.74, 6) is -0.105. The largest absolute Gasteiger partial charge is 0.336 e. The predicted molar refractivity (Wildman–Crippen MR) is 90.1 cm³/mol. The standard InChI is InChI=1S/C13H15Cl3N2O4S/c1-9(19)18-7-6-11(10-4-2-3-5-12(10)18)17-23(20,21)22-8-13(14,15)16/h2-5,11,17H,6-8H2,1H3. The smallest absolute Gasteiger partial charge is 0.312 e. The van der Waals surface area contributed by atoms with Crippen LogP contribution < -0.4 is 9.62 Å². The van der Waals surface area contributed by atoms with Crippen molar-refractivity contribution in [2.45, 2.75) is 23.2 Å². The van der Waals surface area contributed by atoms with Gasteiger partial charge in [-0.1, -0.05) is 53.0 Å². The lowest BCUT2D eigenvalue weighted by Gasteiger charge is -2.33. The minimum absolute atomic E-state index is 0.105. The highest BCUT2D eigenvalue weighted by Crippen LogP contribution is 2.34. The van der Waals surface area contributed by atoms with Crippen LogP contribution in [0.1, 0.15) is 24.9 Å². The van der Waals surface area contributed by atoms with Crippen molar-refractivity contribution in [2.75, 3.05) is 18.1 Å². The van der Waals surface area contributed by atoms with E-state index in [1.165, 1.54) is 6.92 Å². The molecule has 1 amide bonds. The number of hydrogen-bond donors (Lipinski definition) is 1. The molecule has 0 spiro atoms. The average Bonchev–Trinajstić information content (AvgIpc) is 2.44. The molecule has 23 heavy (non-hydrogen) atoms. The topological polar surface area (TPSA) is 75.7 Å². The molecular weight excluding hydrogens is 387 g/mol. The van der Waals surface area contributed by atoms with Crippen LogP contribution in [0.15, 0.2) is 24.3 Å². The molecule has 2 rings (SSSR count). The van der Waals surface area contributed by atoms with E-state index < -0.39 is 26.7 Å². The Labute approximate surface area is 149 Å². The summed E-state index contributed by atoms with van der Waals surface area (Å²) in [4.78, 5) is 13.3. The molecule has 6 nitrogen and oxygen atoms in total. The monoisotopic (exact) mass is 400 g/mol. The van der Waals surface area contributed by atoms with Gasteiger partial charge < -0.3 is 4.90 Å². The zero-order valence-electron chi connectivity index (χ0n) is 12.1. The van der Waals surface area contributed by atoms with Crippen LogP contribution in [0.3, 0.4) is 0 Å². The van der Waals surface area contributed by atoms with E-state index in [1.54, 1.807) is 29.2 Å². The van der Waals surface area contributed by atoms with Gasteiger partial charge in [-0.2, -0.15) is 13.1 Å². The van der Waals surface area contributed by atoms with Crippen LogP contribution >= 0.6 is 34.8 Å². The molecule has 0 saturated heterocycles. The van der Waals surface area contributed by atoms with E-state index in [0.29, 0.717) is 24.2 Å². The van der Waals surface area contributed by atoms with Crippen LogP contribution in [0, 0.1) is 0 Å². The third kappa shape index (κ3) is 5.20. The first-order valence-electron chi connectivity index (χ1n) is 6.69. The van der Waals surface area contributed by atoms with Crippen LogP contribution in [0.4, 0.5) is 5.69 Å². The van der Waals surface area contributed by atoms with E-state index in [4.69, 9.17) is 34.8 Å². The first kappa shape index (κ1) is 18.8. The van der Waals surface area contributed by atoms with Crippen molar-refractivity contribution in [3.8, 4) is 0 Å². The summed E-state index contributed by atoms with van der Waals surface area (Å²) in [5.41, 5.74) is 1.36. The van der Waals surface area contributed by atoms with Crippen LogP contribution in [0.5, 0.6) is 0 Å². The lowest BCUT2D eigenvalue weighted by Crippen LogP contribution is -2.40. The van der Waals surface area contributed by atoms with Gasteiger partial charge in [0.2, 0.25) is 9.70 Å². The molecule has 0 fully saturated rings. The number of benzene rings is 1. The molecule has 0 aromatic heterocycles. The quantitative estimate of drug-likeness (QED) is 0.787. The Morgan fingerprint density at radius 1 is 1.39 bits per heavy atom. The molecule has 128 valence electrons. The van der Waals surface area contributed by atoms with E-state index in [1.807, 2.05) is 0 Å². The Morgan fingerprint density at radius 2 is 2.04 bits per heavy atom. The second-order valence-electron chi connectivity index (χ2n) is 5.02. The van der Waals surface area contributed by atoms with Crippen molar-refractivity contribution < 1.29 is 17.4 Å². The molecular formula is C13H15Cl3N2O4S. The van der Waals surface area contributed by atoms with Crippen LogP contribution in [0.2, 0.25) is 0 Å². The van der Waals surface area contributed by atoms with Gasteiger partial charge in [0.1, 0.15) is 6.61 Å². The van der Waals surface area contributed by atoms with Gasteiger partial charge in [-0.3, -0.25) is 8.98 Å². The summed E-state index contributed by atoms with van der Waals surface area (Å²) in [5, 5.41) is 0. The van der Waals surface area contributed by atoms with Gasteiger partial charge in [0.05, 0.1) is 6.04 Å². The van der Waals surface area contributed by atoms with Gasteiger partial charge in [0.15, 0.2) is 0 Å². The van der Waals surface area contributed by atoms with Gasteiger partial charge in [0.25, 0.3) is 0 Å². The highest BCUT2D eigenvalue weighted by molar-refractivity contribution is 7.84. The second kappa shape index (κ2) is 7.13. The van der Waals surface area contributed by atoms with E-state index in [9.17, 15) is 13.2 Å². The third-order valence-corrected chi connectivity index (χ3v) is 4.62. The molecule has 1 aromatic carbocycles. The van der Waals surface area contributed by atoms with Crippen LogP contribution in [-0.4, -0.2) is 31.3 Å². The van der Waals surface area contributed by atoms with Crippen molar-refractivity contribution in [3.63, 3.8) is 0 Å². The van der Waals surface area contributed by atoms with Gasteiger partial charge >= 0.3 is 10.3 Å². The van der Waals surface area contributed by atoms with Crippen molar-refractivity contribution >= 4 is 56.7 Å². The minimum Gasteiger partial charge on any atom is -0.312 e. The van der Waals surface area contributed by atoms with Crippen molar-refractivity contribution in [3.05, 3.63) is 29.8 Å². The maximum absolute atomic E-state index is 12.0. The molecule has 0 radical (unpaired) electrons. The highest BCUT2D eigenvalue weighted by Gasteiger charge is 2.31. The summed E-state index contributed by atoms with van der Waals surface area (Å²) < 4.78 is 29.2. The van der Waals surface area contributed by atoms with E-state index >= 15 is 0 Å². The van der Waals surface area contributed by atoms with Crippen molar-refractivity contribution in [1.82, 2.24) is 4.72 Å². The summed E-state index contributed by atoms with van der Waals surface area (Å²) in [6.07, 6.45) is 0.410. The number of nitrogens with one attached hydrogen (secondary N) is 1.